The molecule has 1 aliphatic rings. The van der Waals surface area contributed by atoms with Crippen LogP contribution in [0.4, 0.5) is 5.69 Å². The molecule has 1 unspecified atom stereocenters. The maximum atomic E-state index is 13.0. The Morgan fingerprint density at radius 3 is 2.59 bits per heavy atom. The summed E-state index contributed by atoms with van der Waals surface area (Å²) < 4.78 is 27.5. The van der Waals surface area contributed by atoms with Crippen LogP contribution in [0.2, 0.25) is 5.02 Å². The molecule has 0 spiro atoms. The van der Waals surface area contributed by atoms with Crippen LogP contribution in [-0.2, 0) is 14.8 Å². The number of nitrogens with one attached hydrogen (secondary N) is 2. The summed E-state index contributed by atoms with van der Waals surface area (Å²) in [5, 5.41) is 8.18. The first-order valence-electron chi connectivity index (χ1n) is 9.74. The zero-order valence-corrected chi connectivity index (χ0v) is 18.7. The number of thiophene rings is 1. The number of rotatable bonds is 7. The van der Waals surface area contributed by atoms with E-state index in [1.165, 1.54) is 22.5 Å². The Bertz CT molecular complexity index is 924. The molecular formula is C20H26ClN3O3S2. The van der Waals surface area contributed by atoms with Crippen LogP contribution >= 0.6 is 22.9 Å². The second kappa shape index (κ2) is 10.0. The van der Waals surface area contributed by atoms with Crippen molar-refractivity contribution in [1.29, 1.82) is 0 Å². The Morgan fingerprint density at radius 2 is 1.93 bits per heavy atom. The number of carbonyl (C=O) groups is 1. The number of hydrogen-bond acceptors (Lipinski definition) is 5. The van der Waals surface area contributed by atoms with Crippen LogP contribution in [0.15, 0.2) is 40.6 Å². The molecule has 0 aliphatic carbocycles. The number of benzene rings is 1. The molecule has 9 heteroatoms. The van der Waals surface area contributed by atoms with E-state index < -0.39 is 10.0 Å². The topological polar surface area (TPSA) is 78.5 Å². The Hall–Kier alpha value is -1.45. The van der Waals surface area contributed by atoms with Gasteiger partial charge in [-0.3, -0.25) is 4.79 Å². The van der Waals surface area contributed by atoms with Gasteiger partial charge in [0, 0.05) is 24.0 Å². The van der Waals surface area contributed by atoms with E-state index in [4.69, 9.17) is 11.6 Å². The van der Waals surface area contributed by atoms with Gasteiger partial charge in [0.05, 0.1) is 22.2 Å². The van der Waals surface area contributed by atoms with Crippen molar-refractivity contribution in [3.63, 3.8) is 0 Å². The quantitative estimate of drug-likeness (QED) is 0.654. The molecule has 1 aliphatic heterocycles. The number of hydrogen-bond donors (Lipinski definition) is 2. The fraction of sp³-hybridized carbons (Fsp3) is 0.450. The van der Waals surface area contributed by atoms with Crippen molar-refractivity contribution in [2.75, 3.05) is 25.0 Å². The highest BCUT2D eigenvalue weighted by molar-refractivity contribution is 7.89. The maximum absolute atomic E-state index is 13.0. The maximum Gasteiger partial charge on any atom is 0.243 e. The lowest BCUT2D eigenvalue weighted by Crippen LogP contribution is -2.32. The van der Waals surface area contributed by atoms with E-state index in [9.17, 15) is 13.2 Å². The third-order valence-corrected chi connectivity index (χ3v) is 8.23. The molecule has 1 aromatic heterocycles. The van der Waals surface area contributed by atoms with Gasteiger partial charge < -0.3 is 10.6 Å². The largest absolute Gasteiger partial charge is 0.324 e. The van der Waals surface area contributed by atoms with Crippen molar-refractivity contribution in [2.45, 2.75) is 43.5 Å². The van der Waals surface area contributed by atoms with Gasteiger partial charge >= 0.3 is 0 Å². The summed E-state index contributed by atoms with van der Waals surface area (Å²) in [7, 11) is -3.61. The molecule has 0 radical (unpaired) electrons. The summed E-state index contributed by atoms with van der Waals surface area (Å²) in [6, 6.07) is 8.48. The van der Waals surface area contributed by atoms with Crippen LogP contribution in [-0.4, -0.2) is 38.3 Å². The van der Waals surface area contributed by atoms with Crippen molar-refractivity contribution in [2.24, 2.45) is 0 Å². The van der Waals surface area contributed by atoms with E-state index in [0.717, 1.165) is 30.6 Å². The highest BCUT2D eigenvalue weighted by Crippen LogP contribution is 2.28. The molecular weight excluding hydrogens is 430 g/mol. The first kappa shape index (κ1) is 22.2. The van der Waals surface area contributed by atoms with Crippen molar-refractivity contribution >= 4 is 44.6 Å². The van der Waals surface area contributed by atoms with Gasteiger partial charge in [0.2, 0.25) is 15.9 Å². The minimum Gasteiger partial charge on any atom is -0.324 e. The van der Waals surface area contributed by atoms with Crippen LogP contribution in [0.3, 0.4) is 0 Å². The standard InChI is InChI=1S/C20H26ClN3O3S2/c1-15(19-7-6-12-28-19)22-14-20(25)23-18-13-16(8-9-17(18)21)29(26,27)24-10-4-2-3-5-11-24/h6-9,12-13,15,22H,2-5,10-11,14H2,1H3,(H,23,25). The molecule has 158 valence electrons. The monoisotopic (exact) mass is 455 g/mol. The Balaban J connectivity index is 1.67. The number of sulfonamides is 1. The van der Waals surface area contributed by atoms with Crippen LogP contribution in [0, 0.1) is 0 Å². The van der Waals surface area contributed by atoms with Crippen LogP contribution in [0.25, 0.3) is 0 Å². The molecule has 1 amide bonds. The minimum atomic E-state index is -3.61. The summed E-state index contributed by atoms with van der Waals surface area (Å²) in [5.74, 6) is -0.278. The first-order chi connectivity index (χ1) is 13.9. The van der Waals surface area contributed by atoms with E-state index in [1.807, 2.05) is 24.4 Å². The van der Waals surface area contributed by atoms with Crippen LogP contribution in [0.5, 0.6) is 0 Å². The number of carbonyl (C=O) groups excluding carboxylic acids is 1. The molecule has 0 bridgehead atoms. The van der Waals surface area contributed by atoms with Gasteiger partial charge in [0.25, 0.3) is 0 Å². The van der Waals surface area contributed by atoms with Crippen molar-refractivity contribution in [3.8, 4) is 0 Å². The minimum absolute atomic E-state index is 0.0472. The van der Waals surface area contributed by atoms with Gasteiger partial charge in [0.15, 0.2) is 0 Å². The highest BCUT2D eigenvalue weighted by Gasteiger charge is 2.26. The lowest BCUT2D eigenvalue weighted by molar-refractivity contribution is -0.115. The molecule has 1 aromatic carbocycles. The van der Waals surface area contributed by atoms with Gasteiger partial charge in [-0.1, -0.05) is 30.5 Å². The molecule has 2 N–H and O–H groups in total. The molecule has 29 heavy (non-hydrogen) atoms. The molecule has 3 rings (SSSR count). The summed E-state index contributed by atoms with van der Waals surface area (Å²) in [5.41, 5.74) is 0.304. The first-order valence-corrected chi connectivity index (χ1v) is 12.4. The second-order valence-electron chi connectivity index (χ2n) is 7.13. The molecule has 2 heterocycles. The zero-order valence-electron chi connectivity index (χ0n) is 16.4. The number of nitrogens with zero attached hydrogens (tertiary/aromatic N) is 1. The zero-order chi connectivity index (χ0) is 20.9. The van der Waals surface area contributed by atoms with Gasteiger partial charge in [-0.25, -0.2) is 8.42 Å². The molecule has 0 saturated carbocycles. The van der Waals surface area contributed by atoms with Crippen molar-refractivity contribution < 1.29 is 13.2 Å². The third-order valence-electron chi connectivity index (χ3n) is 4.95. The fourth-order valence-electron chi connectivity index (χ4n) is 3.27. The van der Waals surface area contributed by atoms with E-state index in [1.54, 1.807) is 11.3 Å². The van der Waals surface area contributed by atoms with E-state index in [2.05, 4.69) is 10.6 Å². The number of anilines is 1. The van der Waals surface area contributed by atoms with Gasteiger partial charge in [-0.05, 0) is 49.4 Å². The van der Waals surface area contributed by atoms with Gasteiger partial charge in [-0.2, -0.15) is 4.31 Å². The fourth-order valence-corrected chi connectivity index (χ4v) is 5.74. The Kier molecular flexibility index (Phi) is 7.70. The smallest absolute Gasteiger partial charge is 0.243 e. The summed E-state index contributed by atoms with van der Waals surface area (Å²) in [6.07, 6.45) is 3.82. The summed E-state index contributed by atoms with van der Waals surface area (Å²) in [4.78, 5) is 13.7. The van der Waals surface area contributed by atoms with Crippen molar-refractivity contribution in [1.82, 2.24) is 9.62 Å². The highest BCUT2D eigenvalue weighted by atomic mass is 35.5. The third kappa shape index (κ3) is 5.79. The van der Waals surface area contributed by atoms with Crippen molar-refractivity contribution in [3.05, 3.63) is 45.6 Å². The summed E-state index contributed by atoms with van der Waals surface area (Å²) in [6.45, 7) is 3.13. The number of amides is 1. The Labute approximate surface area is 181 Å². The molecule has 1 fully saturated rings. The summed E-state index contributed by atoms with van der Waals surface area (Å²) >= 11 is 7.83. The van der Waals surface area contributed by atoms with Crippen LogP contribution < -0.4 is 10.6 Å². The normalized spacial score (nSPS) is 16.9. The predicted molar refractivity (Wildman–Crippen MR) is 118 cm³/mol. The SMILES string of the molecule is CC(NCC(=O)Nc1cc(S(=O)(=O)N2CCCCCC2)ccc1Cl)c1cccs1. The second-order valence-corrected chi connectivity index (χ2v) is 10.5. The van der Waals surface area contributed by atoms with E-state index >= 15 is 0 Å². The van der Waals surface area contributed by atoms with E-state index in [-0.39, 0.29) is 23.4 Å². The van der Waals surface area contributed by atoms with Crippen LogP contribution in [0.1, 0.15) is 43.5 Å². The lowest BCUT2D eigenvalue weighted by Gasteiger charge is -2.20. The number of halogens is 1. The van der Waals surface area contributed by atoms with Gasteiger partial charge in [0.1, 0.15) is 0 Å². The molecule has 6 nitrogen and oxygen atoms in total. The predicted octanol–water partition coefficient (Wildman–Crippen LogP) is 4.26. The molecule has 1 atom stereocenters. The average Bonchev–Trinajstić information content (AvgIpc) is 3.09. The average molecular weight is 456 g/mol. The van der Waals surface area contributed by atoms with E-state index in [0.29, 0.717) is 23.8 Å². The Morgan fingerprint density at radius 1 is 1.21 bits per heavy atom. The lowest BCUT2D eigenvalue weighted by atomic mass is 10.2. The molecule has 2 aromatic rings. The molecule has 1 saturated heterocycles. The van der Waals surface area contributed by atoms with Gasteiger partial charge in [-0.15, -0.1) is 11.3 Å².